The number of ether oxygens (including phenoxy) is 2. The fourth-order valence-corrected chi connectivity index (χ4v) is 2.91. The number of benzene rings is 1. The van der Waals surface area contributed by atoms with E-state index >= 15 is 0 Å². The van der Waals surface area contributed by atoms with Crippen LogP contribution in [-0.4, -0.2) is 36.1 Å². The number of likely N-dealkylation sites (N-methyl/N-ethyl adjacent to an activating group) is 1. The Hall–Kier alpha value is -2.02. The van der Waals surface area contributed by atoms with Gasteiger partial charge in [0.05, 0.1) is 17.2 Å². The van der Waals surface area contributed by atoms with Gasteiger partial charge in [-0.25, -0.2) is 4.79 Å². The van der Waals surface area contributed by atoms with Crippen molar-refractivity contribution in [1.29, 1.82) is 0 Å². The summed E-state index contributed by atoms with van der Waals surface area (Å²) in [5.41, 5.74) is 0.977. The molecule has 0 radical (unpaired) electrons. The quantitative estimate of drug-likeness (QED) is 0.545. The van der Waals surface area contributed by atoms with Gasteiger partial charge in [-0.1, -0.05) is 6.92 Å². The second kappa shape index (κ2) is 8.38. The first-order valence-electron chi connectivity index (χ1n) is 8.38. The lowest BCUT2D eigenvalue weighted by molar-refractivity contribution is -0.122. The van der Waals surface area contributed by atoms with Gasteiger partial charge in [-0.2, -0.15) is 0 Å². The summed E-state index contributed by atoms with van der Waals surface area (Å²) in [6.45, 7) is 8.51. The number of amides is 3. The minimum atomic E-state index is -0.403. The second-order valence-electron chi connectivity index (χ2n) is 5.64. The molecule has 1 aromatic rings. The molecule has 0 aromatic heterocycles. The van der Waals surface area contributed by atoms with Crippen molar-refractivity contribution in [2.45, 2.75) is 40.2 Å². The standard InChI is InChI=1S/C18H23BrN2O4/c1-5-11(4)25-16-13(19)8-12(10-15(16)24-7-3)9-14-17(22)21(6-2)18(23)20-14/h8-11H,5-7H2,1-4H3,(H,20,23)/b14-9+/t11-/m1/s1. The van der Waals surface area contributed by atoms with Crippen LogP contribution in [0.25, 0.3) is 6.08 Å². The van der Waals surface area contributed by atoms with Crippen molar-refractivity contribution in [3.8, 4) is 11.5 Å². The summed E-state index contributed by atoms with van der Waals surface area (Å²) in [6.07, 6.45) is 2.56. The molecular formula is C18H23BrN2O4. The largest absolute Gasteiger partial charge is 0.490 e. The Morgan fingerprint density at radius 2 is 2.00 bits per heavy atom. The minimum Gasteiger partial charge on any atom is -0.490 e. The number of urea groups is 1. The Bertz CT molecular complexity index is 703. The van der Waals surface area contributed by atoms with Crippen LogP contribution in [0.2, 0.25) is 0 Å². The molecule has 0 aliphatic carbocycles. The number of hydrogen-bond donors (Lipinski definition) is 1. The van der Waals surface area contributed by atoms with Crippen molar-refractivity contribution in [2.24, 2.45) is 0 Å². The van der Waals surface area contributed by atoms with Crippen LogP contribution < -0.4 is 14.8 Å². The molecule has 1 aliphatic heterocycles. The fourth-order valence-electron chi connectivity index (χ4n) is 2.36. The smallest absolute Gasteiger partial charge is 0.328 e. The van der Waals surface area contributed by atoms with Crippen molar-refractivity contribution in [2.75, 3.05) is 13.2 Å². The predicted molar refractivity (Wildman–Crippen MR) is 99.6 cm³/mol. The van der Waals surface area contributed by atoms with Crippen molar-refractivity contribution >= 4 is 33.9 Å². The van der Waals surface area contributed by atoms with E-state index in [4.69, 9.17) is 9.47 Å². The molecule has 2 rings (SSSR count). The van der Waals surface area contributed by atoms with E-state index in [1.165, 1.54) is 0 Å². The van der Waals surface area contributed by atoms with Crippen LogP contribution in [0, 0.1) is 0 Å². The Morgan fingerprint density at radius 3 is 2.56 bits per heavy atom. The van der Waals surface area contributed by atoms with E-state index in [-0.39, 0.29) is 17.7 Å². The van der Waals surface area contributed by atoms with Crippen molar-refractivity contribution < 1.29 is 19.1 Å². The van der Waals surface area contributed by atoms with E-state index in [9.17, 15) is 9.59 Å². The molecule has 0 unspecified atom stereocenters. The zero-order valence-electron chi connectivity index (χ0n) is 14.9. The summed E-state index contributed by atoms with van der Waals surface area (Å²) >= 11 is 3.51. The van der Waals surface area contributed by atoms with Crippen LogP contribution in [0.15, 0.2) is 22.3 Å². The molecule has 3 amide bonds. The maximum atomic E-state index is 12.2. The Balaban J connectivity index is 2.38. The molecule has 0 spiro atoms. The number of nitrogens with zero attached hydrogens (tertiary/aromatic N) is 1. The summed E-state index contributed by atoms with van der Waals surface area (Å²) in [5, 5.41) is 2.59. The van der Waals surface area contributed by atoms with Crippen LogP contribution in [0.1, 0.15) is 39.7 Å². The topological polar surface area (TPSA) is 67.9 Å². The second-order valence-corrected chi connectivity index (χ2v) is 6.49. The monoisotopic (exact) mass is 410 g/mol. The average molecular weight is 411 g/mol. The van der Waals surface area contributed by atoms with Crippen LogP contribution in [0.4, 0.5) is 4.79 Å². The van der Waals surface area contributed by atoms with Crippen LogP contribution in [0.5, 0.6) is 11.5 Å². The lowest BCUT2D eigenvalue weighted by Gasteiger charge is -2.18. The van der Waals surface area contributed by atoms with Gasteiger partial charge in [-0.3, -0.25) is 9.69 Å². The number of carbonyl (C=O) groups excluding carboxylic acids is 2. The van der Waals surface area contributed by atoms with Crippen molar-refractivity contribution in [1.82, 2.24) is 10.2 Å². The molecule has 1 aromatic carbocycles. The van der Waals surface area contributed by atoms with Gasteiger partial charge in [0.1, 0.15) is 5.70 Å². The molecule has 1 saturated heterocycles. The summed E-state index contributed by atoms with van der Waals surface area (Å²) in [7, 11) is 0. The molecule has 1 fully saturated rings. The van der Waals surface area contributed by atoms with Gasteiger partial charge in [0.2, 0.25) is 0 Å². The lowest BCUT2D eigenvalue weighted by Crippen LogP contribution is -2.30. The molecule has 1 atom stereocenters. The number of nitrogens with one attached hydrogen (secondary N) is 1. The van der Waals surface area contributed by atoms with E-state index < -0.39 is 6.03 Å². The van der Waals surface area contributed by atoms with Gasteiger partial charge in [0.15, 0.2) is 11.5 Å². The number of carbonyl (C=O) groups is 2. The van der Waals surface area contributed by atoms with Gasteiger partial charge in [0.25, 0.3) is 5.91 Å². The maximum absolute atomic E-state index is 12.2. The molecule has 1 N–H and O–H groups in total. The molecule has 7 heteroatoms. The van der Waals surface area contributed by atoms with Crippen LogP contribution in [-0.2, 0) is 4.79 Å². The van der Waals surface area contributed by atoms with Gasteiger partial charge < -0.3 is 14.8 Å². The Kier molecular flexibility index (Phi) is 6.47. The maximum Gasteiger partial charge on any atom is 0.328 e. The molecule has 0 bridgehead atoms. The number of imide groups is 1. The molecule has 6 nitrogen and oxygen atoms in total. The van der Waals surface area contributed by atoms with E-state index in [1.54, 1.807) is 19.1 Å². The summed E-state index contributed by atoms with van der Waals surface area (Å²) in [6, 6.07) is 3.23. The zero-order valence-corrected chi connectivity index (χ0v) is 16.5. The predicted octanol–water partition coefficient (Wildman–Crippen LogP) is 3.94. The van der Waals surface area contributed by atoms with Crippen molar-refractivity contribution in [3.05, 3.63) is 27.9 Å². The molecule has 1 heterocycles. The first-order chi connectivity index (χ1) is 11.9. The zero-order chi connectivity index (χ0) is 18.6. The van der Waals surface area contributed by atoms with Gasteiger partial charge in [0, 0.05) is 6.54 Å². The van der Waals surface area contributed by atoms with Gasteiger partial charge in [-0.05, 0) is 66.9 Å². The number of hydrogen-bond acceptors (Lipinski definition) is 4. The van der Waals surface area contributed by atoms with E-state index in [0.29, 0.717) is 24.7 Å². The summed E-state index contributed by atoms with van der Waals surface area (Å²) in [5.74, 6) is 0.893. The highest BCUT2D eigenvalue weighted by Gasteiger charge is 2.32. The fraction of sp³-hybridized carbons (Fsp3) is 0.444. The first kappa shape index (κ1) is 19.3. The highest BCUT2D eigenvalue weighted by Crippen LogP contribution is 2.38. The average Bonchev–Trinajstić information content (AvgIpc) is 2.84. The Labute approximate surface area is 156 Å². The molecule has 1 aliphatic rings. The lowest BCUT2D eigenvalue weighted by atomic mass is 10.1. The minimum absolute atomic E-state index is 0.0496. The molecule has 136 valence electrons. The third kappa shape index (κ3) is 4.34. The Morgan fingerprint density at radius 1 is 1.28 bits per heavy atom. The van der Waals surface area contributed by atoms with Crippen molar-refractivity contribution in [3.63, 3.8) is 0 Å². The molecule has 0 saturated carbocycles. The highest BCUT2D eigenvalue weighted by atomic mass is 79.9. The number of halogens is 1. The highest BCUT2D eigenvalue weighted by molar-refractivity contribution is 9.10. The number of rotatable bonds is 7. The summed E-state index contributed by atoms with van der Waals surface area (Å²) < 4.78 is 12.4. The normalized spacial score (nSPS) is 17.0. The van der Waals surface area contributed by atoms with Crippen LogP contribution >= 0.6 is 15.9 Å². The summed E-state index contributed by atoms with van der Waals surface area (Å²) in [4.78, 5) is 25.1. The molecule has 25 heavy (non-hydrogen) atoms. The third-order valence-electron chi connectivity index (χ3n) is 3.82. The van der Waals surface area contributed by atoms with E-state index in [1.807, 2.05) is 26.8 Å². The van der Waals surface area contributed by atoms with Crippen LogP contribution in [0.3, 0.4) is 0 Å². The first-order valence-corrected chi connectivity index (χ1v) is 9.18. The van der Waals surface area contributed by atoms with E-state index in [0.717, 1.165) is 21.4 Å². The van der Waals surface area contributed by atoms with E-state index in [2.05, 4.69) is 21.2 Å². The third-order valence-corrected chi connectivity index (χ3v) is 4.40. The molecular weight excluding hydrogens is 388 g/mol. The van der Waals surface area contributed by atoms with Gasteiger partial charge >= 0.3 is 6.03 Å². The SMILES string of the molecule is CCOc1cc(/C=C2/NC(=O)N(CC)C2=O)cc(Br)c1O[C@H](C)CC. The van der Waals surface area contributed by atoms with Gasteiger partial charge in [-0.15, -0.1) is 0 Å².